The summed E-state index contributed by atoms with van der Waals surface area (Å²) >= 11 is 0. The van der Waals surface area contributed by atoms with Crippen LogP contribution in [0.25, 0.3) is 0 Å². The third-order valence-corrected chi connectivity index (χ3v) is 3.57. The third-order valence-electron chi connectivity index (χ3n) is 3.57. The number of nitrogens with two attached hydrogens (primary N) is 1. The molecule has 1 aliphatic heterocycles. The lowest BCUT2D eigenvalue weighted by molar-refractivity contribution is -0.119. The molecule has 1 atom stereocenters. The average molecular weight is 365 g/mol. The summed E-state index contributed by atoms with van der Waals surface area (Å²) in [6, 6.07) is 3.20. The van der Waals surface area contributed by atoms with E-state index in [0.29, 0.717) is 5.69 Å². The molecule has 23 heavy (non-hydrogen) atoms. The molecule has 0 spiro atoms. The van der Waals surface area contributed by atoms with Crippen LogP contribution in [0.3, 0.4) is 0 Å². The number of hydrogen-bond donors (Lipinski definition) is 2. The van der Waals surface area contributed by atoms with Gasteiger partial charge in [0.25, 0.3) is 0 Å². The Morgan fingerprint density at radius 2 is 1.91 bits per heavy atom. The zero-order valence-electron chi connectivity index (χ0n) is 13.7. The highest BCUT2D eigenvalue weighted by atomic mass is 35.5. The van der Waals surface area contributed by atoms with Crippen LogP contribution in [0.1, 0.15) is 20.8 Å². The molecular weight excluding hydrogens is 339 g/mol. The molecule has 0 bridgehead atoms. The number of nitrogens with zero attached hydrogens (tertiary/aromatic N) is 2. The summed E-state index contributed by atoms with van der Waals surface area (Å²) in [5, 5.41) is 2.81. The topological polar surface area (TPSA) is 80.5 Å². The molecule has 2 heterocycles. The lowest BCUT2D eigenvalue weighted by Gasteiger charge is -2.28. The fraction of sp³-hybridized carbons (Fsp3) is 0.600. The summed E-state index contributed by atoms with van der Waals surface area (Å²) < 4.78 is 5.32. The lowest BCUT2D eigenvalue weighted by atomic mass is 9.87. The summed E-state index contributed by atoms with van der Waals surface area (Å²) in [4.78, 5) is 18.6. The van der Waals surface area contributed by atoms with E-state index in [9.17, 15) is 4.79 Å². The van der Waals surface area contributed by atoms with Gasteiger partial charge < -0.3 is 20.7 Å². The summed E-state index contributed by atoms with van der Waals surface area (Å²) in [5.41, 5.74) is 6.33. The van der Waals surface area contributed by atoms with Crippen molar-refractivity contribution in [2.75, 3.05) is 36.5 Å². The second-order valence-corrected chi connectivity index (χ2v) is 6.34. The van der Waals surface area contributed by atoms with Gasteiger partial charge in [0, 0.05) is 13.1 Å². The molecular formula is C15H26Cl2N4O2. The van der Waals surface area contributed by atoms with Crippen LogP contribution in [0.15, 0.2) is 18.3 Å². The van der Waals surface area contributed by atoms with E-state index in [1.807, 2.05) is 32.9 Å². The minimum Gasteiger partial charge on any atom is -0.378 e. The van der Waals surface area contributed by atoms with Gasteiger partial charge in [-0.2, -0.15) is 0 Å². The van der Waals surface area contributed by atoms with Crippen LogP contribution in [-0.2, 0) is 9.53 Å². The summed E-state index contributed by atoms with van der Waals surface area (Å²) in [7, 11) is 0. The predicted molar refractivity (Wildman–Crippen MR) is 97.8 cm³/mol. The van der Waals surface area contributed by atoms with E-state index < -0.39 is 6.04 Å². The van der Waals surface area contributed by atoms with Crippen LogP contribution < -0.4 is 16.0 Å². The molecule has 0 radical (unpaired) electrons. The Morgan fingerprint density at radius 1 is 1.30 bits per heavy atom. The van der Waals surface area contributed by atoms with Crippen molar-refractivity contribution in [1.29, 1.82) is 0 Å². The number of rotatable bonds is 3. The fourth-order valence-corrected chi connectivity index (χ4v) is 2.05. The number of nitrogens with one attached hydrogen (secondary N) is 1. The maximum Gasteiger partial charge on any atom is 0.241 e. The Morgan fingerprint density at radius 3 is 2.39 bits per heavy atom. The standard InChI is InChI=1S/C15H24N4O2.2ClH/c1-15(2,3)13(16)14(20)18-11-4-5-12(17-10-11)19-6-8-21-9-7-19;;/h4-5,10,13H,6-9,16H2,1-3H3,(H,18,20);2*1H/t13-;;/m1../s1. The van der Waals surface area contributed by atoms with Gasteiger partial charge in [-0.25, -0.2) is 4.98 Å². The molecule has 8 heteroatoms. The molecule has 3 N–H and O–H groups in total. The molecule has 0 unspecified atom stereocenters. The van der Waals surface area contributed by atoms with Gasteiger partial charge in [-0.05, 0) is 17.5 Å². The smallest absolute Gasteiger partial charge is 0.241 e. The molecule has 1 amide bonds. The largest absolute Gasteiger partial charge is 0.378 e. The van der Waals surface area contributed by atoms with Crippen molar-refractivity contribution in [2.45, 2.75) is 26.8 Å². The van der Waals surface area contributed by atoms with Crippen LogP contribution >= 0.6 is 24.8 Å². The van der Waals surface area contributed by atoms with Crippen molar-refractivity contribution in [2.24, 2.45) is 11.1 Å². The van der Waals surface area contributed by atoms with Crippen molar-refractivity contribution < 1.29 is 9.53 Å². The lowest BCUT2D eigenvalue weighted by Crippen LogP contribution is -2.45. The van der Waals surface area contributed by atoms with Crippen LogP contribution in [0, 0.1) is 5.41 Å². The van der Waals surface area contributed by atoms with Crippen LogP contribution in [0.2, 0.25) is 0 Å². The van der Waals surface area contributed by atoms with E-state index in [2.05, 4.69) is 15.2 Å². The van der Waals surface area contributed by atoms with E-state index in [-0.39, 0.29) is 36.1 Å². The molecule has 0 aromatic carbocycles. The van der Waals surface area contributed by atoms with E-state index >= 15 is 0 Å². The maximum atomic E-state index is 12.1. The predicted octanol–water partition coefficient (Wildman–Crippen LogP) is 2.07. The van der Waals surface area contributed by atoms with Gasteiger partial charge in [-0.1, -0.05) is 20.8 Å². The molecule has 1 aromatic rings. The molecule has 0 aliphatic carbocycles. The Kier molecular flexibility index (Phi) is 8.84. The van der Waals surface area contributed by atoms with E-state index in [4.69, 9.17) is 10.5 Å². The molecule has 6 nitrogen and oxygen atoms in total. The number of ether oxygens (including phenoxy) is 1. The Balaban J connectivity index is 0.00000242. The summed E-state index contributed by atoms with van der Waals surface area (Å²) in [6.45, 7) is 8.95. The van der Waals surface area contributed by atoms with Gasteiger partial charge in [-0.3, -0.25) is 4.79 Å². The quantitative estimate of drug-likeness (QED) is 0.857. The number of halogens is 2. The van der Waals surface area contributed by atoms with Gasteiger partial charge in [-0.15, -0.1) is 24.8 Å². The van der Waals surface area contributed by atoms with Gasteiger partial charge in [0.15, 0.2) is 0 Å². The van der Waals surface area contributed by atoms with E-state index in [0.717, 1.165) is 32.1 Å². The van der Waals surface area contributed by atoms with Gasteiger partial charge >= 0.3 is 0 Å². The monoisotopic (exact) mass is 364 g/mol. The minimum absolute atomic E-state index is 0. The number of hydrogen-bond acceptors (Lipinski definition) is 5. The molecule has 1 fully saturated rings. The highest BCUT2D eigenvalue weighted by Gasteiger charge is 2.27. The zero-order valence-corrected chi connectivity index (χ0v) is 15.4. The number of amides is 1. The van der Waals surface area contributed by atoms with E-state index in [1.54, 1.807) is 6.20 Å². The minimum atomic E-state index is -0.559. The van der Waals surface area contributed by atoms with Crippen molar-refractivity contribution >= 4 is 42.2 Å². The number of aromatic nitrogens is 1. The molecule has 132 valence electrons. The van der Waals surface area contributed by atoms with Gasteiger partial charge in [0.1, 0.15) is 5.82 Å². The summed E-state index contributed by atoms with van der Waals surface area (Å²) in [6.07, 6.45) is 1.66. The second-order valence-electron chi connectivity index (χ2n) is 6.34. The normalized spacial score (nSPS) is 15.9. The van der Waals surface area contributed by atoms with Crippen LogP contribution in [0.5, 0.6) is 0 Å². The molecule has 1 saturated heterocycles. The number of pyridine rings is 1. The molecule has 1 aromatic heterocycles. The highest BCUT2D eigenvalue weighted by Crippen LogP contribution is 2.20. The van der Waals surface area contributed by atoms with Crippen molar-refractivity contribution in [3.05, 3.63) is 18.3 Å². The van der Waals surface area contributed by atoms with Crippen molar-refractivity contribution in [1.82, 2.24) is 4.98 Å². The number of morpholine rings is 1. The molecule has 1 aliphatic rings. The fourth-order valence-electron chi connectivity index (χ4n) is 2.05. The second kappa shape index (κ2) is 9.27. The van der Waals surface area contributed by atoms with E-state index in [1.165, 1.54) is 0 Å². The Hall–Kier alpha value is -1.08. The van der Waals surface area contributed by atoms with Gasteiger partial charge in [0.2, 0.25) is 5.91 Å². The highest BCUT2D eigenvalue weighted by molar-refractivity contribution is 5.95. The first kappa shape index (κ1) is 21.9. The molecule has 0 saturated carbocycles. The van der Waals surface area contributed by atoms with Crippen molar-refractivity contribution in [3.8, 4) is 0 Å². The first-order valence-electron chi connectivity index (χ1n) is 7.23. The number of carbonyl (C=O) groups is 1. The van der Waals surface area contributed by atoms with Crippen molar-refractivity contribution in [3.63, 3.8) is 0 Å². The average Bonchev–Trinajstić information content (AvgIpc) is 2.47. The number of carbonyl (C=O) groups excluding carboxylic acids is 1. The Labute approximate surface area is 150 Å². The third kappa shape index (κ3) is 6.14. The summed E-state index contributed by atoms with van der Waals surface area (Å²) in [5.74, 6) is 0.708. The molecule has 2 rings (SSSR count). The first-order chi connectivity index (χ1) is 9.88. The first-order valence-corrected chi connectivity index (χ1v) is 7.23. The zero-order chi connectivity index (χ0) is 15.5. The SMILES string of the molecule is CC(C)(C)[C@H](N)C(=O)Nc1ccc(N2CCOCC2)nc1.Cl.Cl. The van der Waals surface area contributed by atoms with Crippen LogP contribution in [0.4, 0.5) is 11.5 Å². The number of anilines is 2. The van der Waals surface area contributed by atoms with Gasteiger partial charge in [0.05, 0.1) is 31.1 Å². The Bertz CT molecular complexity index is 485. The maximum absolute atomic E-state index is 12.1. The van der Waals surface area contributed by atoms with Crippen LogP contribution in [-0.4, -0.2) is 43.2 Å².